The Balaban J connectivity index is 2.27. The Morgan fingerprint density at radius 2 is 1.95 bits per heavy atom. The molecule has 4 nitrogen and oxygen atoms in total. The van der Waals surface area contributed by atoms with E-state index in [1.807, 2.05) is 13.8 Å². The number of benzene rings is 1. The van der Waals surface area contributed by atoms with Crippen molar-refractivity contribution in [1.29, 1.82) is 0 Å². The third-order valence-corrected chi connectivity index (χ3v) is 5.93. The maximum absolute atomic E-state index is 12.5. The van der Waals surface area contributed by atoms with E-state index in [0.29, 0.717) is 23.0 Å². The first-order valence-electron chi connectivity index (χ1n) is 6.65. The topological polar surface area (TPSA) is 63.4 Å². The van der Waals surface area contributed by atoms with Gasteiger partial charge in [0.2, 0.25) is 10.0 Å². The minimum atomic E-state index is -3.42. The third kappa shape index (κ3) is 2.77. The van der Waals surface area contributed by atoms with Crippen molar-refractivity contribution in [1.82, 2.24) is 4.31 Å². The van der Waals surface area contributed by atoms with Crippen LogP contribution < -0.4 is 5.73 Å². The zero-order valence-corrected chi connectivity index (χ0v) is 12.6. The van der Waals surface area contributed by atoms with Gasteiger partial charge in [0, 0.05) is 19.3 Å². The summed E-state index contributed by atoms with van der Waals surface area (Å²) in [6.07, 6.45) is 3.49. The first-order valence-corrected chi connectivity index (χ1v) is 8.09. The molecule has 1 fully saturated rings. The highest BCUT2D eigenvalue weighted by molar-refractivity contribution is 7.89. The molecule has 0 heterocycles. The van der Waals surface area contributed by atoms with E-state index in [0.717, 1.165) is 24.0 Å². The van der Waals surface area contributed by atoms with E-state index < -0.39 is 10.0 Å². The summed E-state index contributed by atoms with van der Waals surface area (Å²) in [4.78, 5) is 0.301. The van der Waals surface area contributed by atoms with Crippen molar-refractivity contribution in [2.75, 3.05) is 19.3 Å². The summed E-state index contributed by atoms with van der Waals surface area (Å²) >= 11 is 0. The van der Waals surface area contributed by atoms with Crippen LogP contribution in [0.3, 0.4) is 0 Å². The van der Waals surface area contributed by atoms with Gasteiger partial charge in [-0.15, -0.1) is 0 Å². The molecule has 0 unspecified atom stereocenters. The summed E-state index contributed by atoms with van der Waals surface area (Å²) < 4.78 is 26.4. The van der Waals surface area contributed by atoms with Crippen molar-refractivity contribution in [3.63, 3.8) is 0 Å². The van der Waals surface area contributed by atoms with E-state index in [4.69, 9.17) is 5.73 Å². The van der Waals surface area contributed by atoms with Gasteiger partial charge in [-0.05, 0) is 55.9 Å². The highest BCUT2D eigenvalue weighted by atomic mass is 32.2. The van der Waals surface area contributed by atoms with Crippen LogP contribution in [0.2, 0.25) is 0 Å². The molecule has 1 aromatic rings. The van der Waals surface area contributed by atoms with E-state index in [9.17, 15) is 8.42 Å². The van der Waals surface area contributed by atoms with Crippen LogP contribution in [0.15, 0.2) is 17.0 Å². The fraction of sp³-hybridized carbons (Fsp3) is 0.571. The van der Waals surface area contributed by atoms with Crippen LogP contribution in [0.25, 0.3) is 0 Å². The molecule has 5 heteroatoms. The number of aryl methyl sites for hydroxylation is 1. The summed E-state index contributed by atoms with van der Waals surface area (Å²) in [5, 5.41) is 0. The van der Waals surface area contributed by atoms with Gasteiger partial charge in [0.05, 0.1) is 4.90 Å². The molecule has 0 saturated heterocycles. The summed E-state index contributed by atoms with van der Waals surface area (Å²) in [6, 6.07) is 3.27. The van der Waals surface area contributed by atoms with Crippen LogP contribution in [-0.4, -0.2) is 26.3 Å². The smallest absolute Gasteiger partial charge is 0.242 e. The van der Waals surface area contributed by atoms with Crippen molar-refractivity contribution >= 4 is 15.7 Å². The maximum atomic E-state index is 12.5. The molecule has 19 heavy (non-hydrogen) atoms. The van der Waals surface area contributed by atoms with Gasteiger partial charge in [-0.2, -0.15) is 0 Å². The van der Waals surface area contributed by atoms with Crippen molar-refractivity contribution in [3.05, 3.63) is 23.3 Å². The zero-order valence-electron chi connectivity index (χ0n) is 11.8. The first kappa shape index (κ1) is 14.3. The van der Waals surface area contributed by atoms with E-state index in [1.165, 1.54) is 10.7 Å². The highest BCUT2D eigenvalue weighted by Gasteiger charge is 2.27. The van der Waals surface area contributed by atoms with Gasteiger partial charge < -0.3 is 5.73 Å². The molecular formula is C14H22N2O2S. The van der Waals surface area contributed by atoms with Gasteiger partial charge in [-0.25, -0.2) is 12.7 Å². The summed E-state index contributed by atoms with van der Waals surface area (Å²) in [6.45, 7) is 4.39. The second kappa shape index (κ2) is 5.13. The molecule has 0 bridgehead atoms. The van der Waals surface area contributed by atoms with Crippen LogP contribution >= 0.6 is 0 Å². The van der Waals surface area contributed by atoms with Gasteiger partial charge in [-0.1, -0.05) is 6.42 Å². The Labute approximate surface area is 115 Å². The number of sulfonamides is 1. The fourth-order valence-corrected chi connectivity index (χ4v) is 3.69. The molecule has 0 radical (unpaired) electrons. The van der Waals surface area contributed by atoms with Crippen LogP contribution in [0.1, 0.15) is 30.4 Å². The monoisotopic (exact) mass is 282 g/mol. The van der Waals surface area contributed by atoms with Gasteiger partial charge in [0.1, 0.15) is 0 Å². The first-order chi connectivity index (χ1) is 8.82. The minimum Gasteiger partial charge on any atom is -0.398 e. The lowest BCUT2D eigenvalue weighted by atomic mass is 9.86. The third-order valence-electron chi connectivity index (χ3n) is 4.13. The van der Waals surface area contributed by atoms with Crippen LogP contribution in [0, 0.1) is 19.8 Å². The second-order valence-electron chi connectivity index (χ2n) is 5.54. The molecular weight excluding hydrogens is 260 g/mol. The van der Waals surface area contributed by atoms with E-state index in [-0.39, 0.29) is 0 Å². The van der Waals surface area contributed by atoms with Crippen molar-refractivity contribution in [3.8, 4) is 0 Å². The molecule has 2 N–H and O–H groups in total. The molecule has 0 spiro atoms. The Hall–Kier alpha value is -1.07. The minimum absolute atomic E-state index is 0.301. The van der Waals surface area contributed by atoms with E-state index >= 15 is 0 Å². The number of hydrogen-bond donors (Lipinski definition) is 1. The quantitative estimate of drug-likeness (QED) is 0.862. The second-order valence-corrected chi connectivity index (χ2v) is 7.58. The summed E-state index contributed by atoms with van der Waals surface area (Å²) in [5.74, 6) is 0.517. The largest absolute Gasteiger partial charge is 0.398 e. The number of nitrogens with two attached hydrogens (primary N) is 1. The molecule has 1 aromatic carbocycles. The number of nitrogen functional groups attached to an aromatic ring is 1. The average molecular weight is 282 g/mol. The Morgan fingerprint density at radius 1 is 1.32 bits per heavy atom. The number of nitrogens with zero attached hydrogens (tertiary/aromatic N) is 1. The Bertz CT molecular complexity index is 554. The molecule has 2 rings (SSSR count). The van der Waals surface area contributed by atoms with Crippen LogP contribution in [-0.2, 0) is 10.0 Å². The van der Waals surface area contributed by atoms with E-state index in [1.54, 1.807) is 19.2 Å². The van der Waals surface area contributed by atoms with Crippen LogP contribution in [0.5, 0.6) is 0 Å². The van der Waals surface area contributed by atoms with Gasteiger partial charge in [0.25, 0.3) is 0 Å². The summed E-state index contributed by atoms with van der Waals surface area (Å²) in [5.41, 5.74) is 8.27. The molecule has 0 aliphatic heterocycles. The molecule has 0 atom stereocenters. The molecule has 1 saturated carbocycles. The lowest BCUT2D eigenvalue weighted by Crippen LogP contribution is -2.34. The van der Waals surface area contributed by atoms with Gasteiger partial charge in [-0.3, -0.25) is 0 Å². The molecule has 0 aromatic heterocycles. The van der Waals surface area contributed by atoms with Crippen molar-refractivity contribution in [2.45, 2.75) is 38.0 Å². The zero-order chi connectivity index (χ0) is 14.2. The standard InChI is InChI=1S/C14H22N2O2S/c1-10-7-13(8-14(15)11(10)2)19(17,18)16(3)9-12-5-4-6-12/h7-8,12H,4-6,9,15H2,1-3H3. The predicted octanol–water partition coefficient (Wildman–Crippen LogP) is 2.31. The maximum Gasteiger partial charge on any atom is 0.242 e. The lowest BCUT2D eigenvalue weighted by molar-refractivity contribution is 0.263. The van der Waals surface area contributed by atoms with Gasteiger partial charge in [0.15, 0.2) is 0 Å². The van der Waals surface area contributed by atoms with Crippen LogP contribution in [0.4, 0.5) is 5.69 Å². The molecule has 0 amide bonds. The number of rotatable bonds is 4. The number of anilines is 1. The normalized spacial score (nSPS) is 16.6. The molecule has 1 aliphatic carbocycles. The van der Waals surface area contributed by atoms with E-state index in [2.05, 4.69) is 0 Å². The molecule has 1 aliphatic rings. The Kier molecular flexibility index (Phi) is 3.87. The predicted molar refractivity (Wildman–Crippen MR) is 77.5 cm³/mol. The Morgan fingerprint density at radius 3 is 2.42 bits per heavy atom. The SMILES string of the molecule is Cc1cc(S(=O)(=O)N(C)CC2CCC2)cc(N)c1C. The molecule has 106 valence electrons. The average Bonchev–Trinajstić information content (AvgIpc) is 2.29. The highest BCUT2D eigenvalue weighted by Crippen LogP contribution is 2.29. The summed E-state index contributed by atoms with van der Waals surface area (Å²) in [7, 11) is -1.77. The number of hydrogen-bond acceptors (Lipinski definition) is 3. The van der Waals surface area contributed by atoms with Crippen molar-refractivity contribution < 1.29 is 8.42 Å². The lowest BCUT2D eigenvalue weighted by Gasteiger charge is -2.29. The van der Waals surface area contributed by atoms with Gasteiger partial charge >= 0.3 is 0 Å². The van der Waals surface area contributed by atoms with Crippen molar-refractivity contribution in [2.24, 2.45) is 5.92 Å². The fourth-order valence-electron chi connectivity index (χ4n) is 2.32.